The predicted molar refractivity (Wildman–Crippen MR) is 84.3 cm³/mol. The lowest BCUT2D eigenvalue weighted by Gasteiger charge is -2.53. The quantitative estimate of drug-likeness (QED) is 0.807. The fourth-order valence-corrected chi connectivity index (χ4v) is 3.96. The summed E-state index contributed by atoms with van der Waals surface area (Å²) >= 11 is 0. The molecule has 20 heavy (non-hydrogen) atoms. The number of rotatable bonds is 3. The molecule has 0 bridgehead atoms. The van der Waals surface area contributed by atoms with Crippen LogP contribution in [-0.4, -0.2) is 24.8 Å². The molecule has 5 atom stereocenters. The minimum Gasteiger partial charge on any atom is -0.404 e. The molecular weight excluding hydrogens is 249 g/mol. The number of nitrogens with two attached hydrogens (primary N) is 1. The predicted octanol–water partition coefficient (Wildman–Crippen LogP) is 3.26. The molecule has 2 fully saturated rings. The van der Waals surface area contributed by atoms with Crippen LogP contribution in [0.1, 0.15) is 61.3 Å². The van der Waals surface area contributed by atoms with E-state index >= 15 is 0 Å². The van der Waals surface area contributed by atoms with Crippen LogP contribution >= 0.6 is 0 Å². The minimum atomic E-state index is -0.240. The van der Waals surface area contributed by atoms with E-state index in [0.29, 0.717) is 17.8 Å². The van der Waals surface area contributed by atoms with E-state index in [4.69, 9.17) is 15.0 Å². The summed E-state index contributed by atoms with van der Waals surface area (Å²) in [6.07, 6.45) is 2.20. The molecular formula is C16H32BNO2. The molecule has 116 valence electrons. The summed E-state index contributed by atoms with van der Waals surface area (Å²) in [6.45, 7) is 16.0. The number of hydrogen-bond acceptors (Lipinski definition) is 3. The van der Waals surface area contributed by atoms with Gasteiger partial charge in [-0.25, -0.2) is 0 Å². The van der Waals surface area contributed by atoms with Crippen LogP contribution in [0, 0.1) is 23.2 Å². The molecule has 2 N–H and O–H groups in total. The largest absolute Gasteiger partial charge is 0.475 e. The van der Waals surface area contributed by atoms with Gasteiger partial charge in [0.25, 0.3) is 0 Å². The van der Waals surface area contributed by atoms with Gasteiger partial charge >= 0.3 is 7.12 Å². The molecule has 1 heterocycles. The Morgan fingerprint density at radius 1 is 1.25 bits per heavy atom. The minimum absolute atomic E-state index is 0.0250. The van der Waals surface area contributed by atoms with Crippen molar-refractivity contribution in [3.63, 3.8) is 0 Å². The van der Waals surface area contributed by atoms with Crippen molar-refractivity contribution in [1.82, 2.24) is 0 Å². The maximum atomic E-state index is 6.36. The Labute approximate surface area is 125 Å². The molecule has 1 saturated carbocycles. The molecule has 0 spiro atoms. The Hall–Kier alpha value is -0.0551. The first-order valence-electron chi connectivity index (χ1n) is 8.17. The SMILES string of the molecule is CC(C)CC(N)B1OC2CC(C)C(C)(C)C(C)[C@]2(C)O1. The first kappa shape index (κ1) is 16.3. The summed E-state index contributed by atoms with van der Waals surface area (Å²) in [4.78, 5) is 0. The van der Waals surface area contributed by atoms with Gasteiger partial charge in [-0.2, -0.15) is 0 Å². The third kappa shape index (κ3) is 2.55. The normalized spacial score (nSPS) is 41.9. The zero-order valence-electron chi connectivity index (χ0n) is 14.3. The van der Waals surface area contributed by atoms with Gasteiger partial charge in [0.1, 0.15) is 0 Å². The third-order valence-electron chi connectivity index (χ3n) is 6.21. The highest BCUT2D eigenvalue weighted by Crippen LogP contribution is 2.54. The van der Waals surface area contributed by atoms with Crippen molar-refractivity contribution in [3.05, 3.63) is 0 Å². The van der Waals surface area contributed by atoms with Gasteiger partial charge in [-0.3, -0.25) is 0 Å². The lowest BCUT2D eigenvalue weighted by molar-refractivity contribution is -0.110. The second kappa shape index (κ2) is 5.29. The maximum absolute atomic E-state index is 6.36. The van der Waals surface area contributed by atoms with Gasteiger partial charge in [0.05, 0.1) is 11.7 Å². The molecule has 1 aliphatic carbocycles. The van der Waals surface area contributed by atoms with E-state index in [0.717, 1.165) is 12.8 Å². The Kier molecular flexibility index (Phi) is 4.32. The van der Waals surface area contributed by atoms with Crippen molar-refractivity contribution in [2.45, 2.75) is 79.0 Å². The van der Waals surface area contributed by atoms with Crippen molar-refractivity contribution >= 4 is 7.12 Å². The van der Waals surface area contributed by atoms with E-state index in [9.17, 15) is 0 Å². The smallest absolute Gasteiger partial charge is 0.404 e. The monoisotopic (exact) mass is 281 g/mol. The maximum Gasteiger partial charge on any atom is 0.475 e. The Balaban J connectivity index is 2.15. The van der Waals surface area contributed by atoms with E-state index < -0.39 is 0 Å². The lowest BCUT2D eigenvalue weighted by Crippen LogP contribution is -2.56. The van der Waals surface area contributed by atoms with Crippen LogP contribution < -0.4 is 5.73 Å². The first-order valence-corrected chi connectivity index (χ1v) is 8.17. The Morgan fingerprint density at radius 3 is 2.40 bits per heavy atom. The standard InChI is InChI=1S/C16H32BNO2/c1-10(2)8-14(18)17-19-13-9-11(3)15(5,6)12(4)16(13,7)20-17/h10-14H,8-9,18H2,1-7H3/t11?,12?,13?,14?,16-/m0/s1. The summed E-state index contributed by atoms with van der Waals surface area (Å²) in [6, 6.07) is 0. The van der Waals surface area contributed by atoms with Crippen LogP contribution in [0.15, 0.2) is 0 Å². The summed E-state index contributed by atoms with van der Waals surface area (Å²) in [7, 11) is -0.240. The summed E-state index contributed by atoms with van der Waals surface area (Å²) in [5.41, 5.74) is 6.36. The van der Waals surface area contributed by atoms with Crippen LogP contribution in [0.2, 0.25) is 0 Å². The third-order valence-corrected chi connectivity index (χ3v) is 6.21. The highest BCUT2D eigenvalue weighted by Gasteiger charge is 2.60. The van der Waals surface area contributed by atoms with Gasteiger partial charge < -0.3 is 15.0 Å². The number of fused-ring (bicyclic) bond motifs is 1. The van der Waals surface area contributed by atoms with Crippen LogP contribution in [0.3, 0.4) is 0 Å². The second-order valence-electron chi connectivity index (χ2n) is 8.27. The van der Waals surface area contributed by atoms with Gasteiger partial charge in [0.15, 0.2) is 0 Å². The molecule has 2 rings (SSSR count). The van der Waals surface area contributed by atoms with Crippen molar-refractivity contribution in [2.24, 2.45) is 28.9 Å². The Morgan fingerprint density at radius 2 is 1.85 bits per heavy atom. The fourth-order valence-electron chi connectivity index (χ4n) is 3.96. The fraction of sp³-hybridized carbons (Fsp3) is 1.00. The number of hydrogen-bond donors (Lipinski definition) is 1. The van der Waals surface area contributed by atoms with Crippen LogP contribution in [0.5, 0.6) is 0 Å². The van der Waals surface area contributed by atoms with Gasteiger partial charge in [0, 0.05) is 5.94 Å². The zero-order valence-corrected chi connectivity index (χ0v) is 14.3. The highest BCUT2D eigenvalue weighted by atomic mass is 16.7. The molecule has 0 aromatic carbocycles. The van der Waals surface area contributed by atoms with Crippen LogP contribution in [0.4, 0.5) is 0 Å². The van der Waals surface area contributed by atoms with Crippen LogP contribution in [-0.2, 0) is 9.31 Å². The van der Waals surface area contributed by atoms with Gasteiger partial charge in [-0.05, 0) is 42.9 Å². The van der Waals surface area contributed by atoms with Crippen LogP contribution in [0.25, 0.3) is 0 Å². The molecule has 2 aliphatic rings. The van der Waals surface area contributed by atoms with E-state index in [1.165, 1.54) is 0 Å². The molecule has 0 amide bonds. The van der Waals surface area contributed by atoms with E-state index in [1.54, 1.807) is 0 Å². The highest BCUT2D eigenvalue weighted by molar-refractivity contribution is 6.47. The van der Waals surface area contributed by atoms with Crippen molar-refractivity contribution in [3.8, 4) is 0 Å². The van der Waals surface area contributed by atoms with Crippen molar-refractivity contribution in [1.29, 1.82) is 0 Å². The first-order chi connectivity index (χ1) is 9.09. The summed E-state index contributed by atoms with van der Waals surface area (Å²) in [5, 5.41) is 0. The molecule has 4 unspecified atom stereocenters. The second-order valence-corrected chi connectivity index (χ2v) is 8.27. The Bertz CT molecular complexity index is 360. The van der Waals surface area contributed by atoms with Crippen molar-refractivity contribution in [2.75, 3.05) is 0 Å². The average molecular weight is 281 g/mol. The molecule has 4 heteroatoms. The van der Waals surface area contributed by atoms with E-state index in [-0.39, 0.29) is 30.2 Å². The summed E-state index contributed by atoms with van der Waals surface area (Å²) < 4.78 is 12.6. The van der Waals surface area contributed by atoms with Gasteiger partial charge in [0.2, 0.25) is 0 Å². The van der Waals surface area contributed by atoms with E-state index in [2.05, 4.69) is 48.5 Å². The van der Waals surface area contributed by atoms with Gasteiger partial charge in [-0.15, -0.1) is 0 Å². The van der Waals surface area contributed by atoms with E-state index in [1.807, 2.05) is 0 Å². The molecule has 3 nitrogen and oxygen atoms in total. The molecule has 0 aromatic rings. The van der Waals surface area contributed by atoms with Crippen molar-refractivity contribution < 1.29 is 9.31 Å². The van der Waals surface area contributed by atoms with Gasteiger partial charge in [-0.1, -0.05) is 41.5 Å². The molecule has 1 aliphatic heterocycles. The molecule has 1 saturated heterocycles. The molecule has 0 radical (unpaired) electrons. The summed E-state index contributed by atoms with van der Waals surface area (Å²) in [5.74, 6) is 1.64. The topological polar surface area (TPSA) is 44.5 Å². The molecule has 0 aromatic heterocycles. The zero-order chi connectivity index (χ0) is 15.3. The lowest BCUT2D eigenvalue weighted by atomic mass is 9.57. The average Bonchev–Trinajstić information content (AvgIpc) is 2.65.